The zero-order chi connectivity index (χ0) is 11.9. The van der Waals surface area contributed by atoms with E-state index in [1.54, 1.807) is 4.90 Å². The van der Waals surface area contributed by atoms with E-state index in [0.29, 0.717) is 13.1 Å². The normalized spacial score (nSPS) is 25.5. The molecule has 0 saturated carbocycles. The van der Waals surface area contributed by atoms with Crippen molar-refractivity contribution in [1.29, 1.82) is 0 Å². The zero-order valence-electron chi connectivity index (χ0n) is 10.2. The predicted molar refractivity (Wildman–Crippen MR) is 57.6 cm³/mol. The summed E-state index contributed by atoms with van der Waals surface area (Å²) in [7, 11) is 0. The molecule has 0 spiro atoms. The molecule has 0 radical (unpaired) electrons. The molecule has 15 heavy (non-hydrogen) atoms. The standard InChI is InChI=1S/C11H21NO3/c1-10(2,3)15-9(14)12-6-8(13)11(4,5)7-12/h8,13H,6-7H2,1-5H3/t8-/m0/s1. The van der Waals surface area contributed by atoms with Gasteiger partial charge in [-0.05, 0) is 20.8 Å². The van der Waals surface area contributed by atoms with Crippen molar-refractivity contribution in [2.45, 2.75) is 46.3 Å². The van der Waals surface area contributed by atoms with Crippen LogP contribution < -0.4 is 0 Å². The first-order valence-electron chi connectivity index (χ1n) is 5.28. The van der Waals surface area contributed by atoms with Gasteiger partial charge in [0.15, 0.2) is 0 Å². The van der Waals surface area contributed by atoms with Gasteiger partial charge in [-0.15, -0.1) is 0 Å². The minimum absolute atomic E-state index is 0.239. The molecule has 0 aromatic carbocycles. The molecular formula is C11H21NO3. The Labute approximate surface area is 91.2 Å². The van der Waals surface area contributed by atoms with Crippen LogP contribution in [-0.4, -0.2) is 40.9 Å². The molecule has 0 aliphatic carbocycles. The van der Waals surface area contributed by atoms with Gasteiger partial charge < -0.3 is 14.7 Å². The number of β-amino-alcohol motifs (C(OH)–C–C–N with tert-alkyl or cyclic N) is 1. The van der Waals surface area contributed by atoms with Gasteiger partial charge in [-0.1, -0.05) is 13.8 Å². The summed E-state index contributed by atoms with van der Waals surface area (Å²) in [5.74, 6) is 0. The molecule has 1 rings (SSSR count). The van der Waals surface area contributed by atoms with Crippen molar-refractivity contribution in [3.63, 3.8) is 0 Å². The number of nitrogens with zero attached hydrogens (tertiary/aromatic N) is 1. The Balaban J connectivity index is 2.58. The van der Waals surface area contributed by atoms with Crippen molar-refractivity contribution in [2.24, 2.45) is 5.41 Å². The van der Waals surface area contributed by atoms with Gasteiger partial charge in [0.1, 0.15) is 5.60 Å². The maximum atomic E-state index is 11.7. The predicted octanol–water partition coefficient (Wildman–Crippen LogP) is 1.62. The summed E-state index contributed by atoms with van der Waals surface area (Å²) in [5.41, 5.74) is -0.717. The summed E-state index contributed by atoms with van der Waals surface area (Å²) in [6, 6.07) is 0. The lowest BCUT2D eigenvalue weighted by Crippen LogP contribution is -2.36. The van der Waals surface area contributed by atoms with Gasteiger partial charge in [-0.25, -0.2) is 4.79 Å². The van der Waals surface area contributed by atoms with Crippen LogP contribution in [-0.2, 0) is 4.74 Å². The highest BCUT2D eigenvalue weighted by Gasteiger charge is 2.41. The summed E-state index contributed by atoms with van der Waals surface area (Å²) >= 11 is 0. The second-order valence-electron chi connectivity index (χ2n) is 5.87. The number of carbonyl (C=O) groups excluding carboxylic acids is 1. The van der Waals surface area contributed by atoms with Gasteiger partial charge in [0, 0.05) is 12.0 Å². The van der Waals surface area contributed by atoms with E-state index < -0.39 is 11.7 Å². The Kier molecular flexibility index (Phi) is 3.01. The molecule has 1 saturated heterocycles. The molecule has 0 unspecified atom stereocenters. The number of aliphatic hydroxyl groups excluding tert-OH is 1. The summed E-state index contributed by atoms with van der Waals surface area (Å²) < 4.78 is 5.24. The van der Waals surface area contributed by atoms with Crippen LogP contribution in [0.1, 0.15) is 34.6 Å². The third-order valence-corrected chi connectivity index (χ3v) is 2.55. The molecule has 1 N–H and O–H groups in total. The van der Waals surface area contributed by atoms with Crippen molar-refractivity contribution in [3.8, 4) is 0 Å². The molecule has 4 nitrogen and oxygen atoms in total. The number of likely N-dealkylation sites (tertiary alicyclic amines) is 1. The summed E-state index contributed by atoms with van der Waals surface area (Å²) in [4.78, 5) is 13.3. The molecule has 0 aromatic heterocycles. The minimum Gasteiger partial charge on any atom is -0.444 e. The van der Waals surface area contributed by atoms with Crippen LogP contribution in [0.4, 0.5) is 4.79 Å². The average molecular weight is 215 g/mol. The van der Waals surface area contributed by atoms with E-state index in [1.165, 1.54) is 0 Å². The first-order chi connectivity index (χ1) is 6.62. The maximum absolute atomic E-state index is 11.7. The highest BCUT2D eigenvalue weighted by atomic mass is 16.6. The van der Waals surface area contributed by atoms with Gasteiger partial charge in [0.05, 0.1) is 12.6 Å². The molecule has 0 aromatic rings. The summed E-state index contributed by atoms with van der Waals surface area (Å²) in [6.07, 6.45) is -0.808. The maximum Gasteiger partial charge on any atom is 0.410 e. The van der Waals surface area contributed by atoms with Crippen LogP contribution in [0.3, 0.4) is 0 Å². The molecule has 0 bridgehead atoms. The molecule has 1 fully saturated rings. The lowest BCUT2D eigenvalue weighted by atomic mass is 9.90. The number of hydrogen-bond donors (Lipinski definition) is 1. The number of rotatable bonds is 0. The second kappa shape index (κ2) is 3.67. The minimum atomic E-state index is -0.477. The van der Waals surface area contributed by atoms with E-state index in [9.17, 15) is 9.90 Å². The third kappa shape index (κ3) is 3.09. The Morgan fingerprint density at radius 2 is 2.00 bits per heavy atom. The zero-order valence-corrected chi connectivity index (χ0v) is 10.2. The van der Waals surface area contributed by atoms with E-state index in [1.807, 2.05) is 34.6 Å². The molecule has 88 valence electrons. The van der Waals surface area contributed by atoms with E-state index >= 15 is 0 Å². The third-order valence-electron chi connectivity index (χ3n) is 2.55. The molecule has 1 heterocycles. The van der Waals surface area contributed by atoms with Crippen LogP contribution >= 0.6 is 0 Å². The van der Waals surface area contributed by atoms with Crippen LogP contribution in [0.15, 0.2) is 0 Å². The number of hydrogen-bond acceptors (Lipinski definition) is 3. The van der Waals surface area contributed by atoms with E-state index in [0.717, 1.165) is 0 Å². The van der Waals surface area contributed by atoms with Crippen molar-refractivity contribution in [3.05, 3.63) is 0 Å². The van der Waals surface area contributed by atoms with Gasteiger partial charge in [-0.3, -0.25) is 0 Å². The van der Waals surface area contributed by atoms with E-state index in [-0.39, 0.29) is 11.5 Å². The highest BCUT2D eigenvalue weighted by Crippen LogP contribution is 2.30. The summed E-state index contributed by atoms with van der Waals surface area (Å²) in [6.45, 7) is 10.3. The Bertz CT molecular complexity index is 255. The monoisotopic (exact) mass is 215 g/mol. The highest BCUT2D eigenvalue weighted by molar-refractivity contribution is 5.68. The number of aliphatic hydroxyl groups is 1. The van der Waals surface area contributed by atoms with E-state index in [4.69, 9.17) is 4.74 Å². The number of carbonyl (C=O) groups is 1. The molecule has 4 heteroatoms. The largest absolute Gasteiger partial charge is 0.444 e. The molecule has 1 atom stereocenters. The van der Waals surface area contributed by atoms with Gasteiger partial charge in [0.25, 0.3) is 0 Å². The first kappa shape index (κ1) is 12.3. The topological polar surface area (TPSA) is 49.8 Å². The van der Waals surface area contributed by atoms with Gasteiger partial charge >= 0.3 is 6.09 Å². The second-order valence-corrected chi connectivity index (χ2v) is 5.87. The molecule has 1 aliphatic heterocycles. The van der Waals surface area contributed by atoms with Crippen LogP contribution in [0, 0.1) is 5.41 Å². The van der Waals surface area contributed by atoms with E-state index in [2.05, 4.69) is 0 Å². The smallest absolute Gasteiger partial charge is 0.410 e. The van der Waals surface area contributed by atoms with Crippen molar-refractivity contribution in [2.75, 3.05) is 13.1 Å². The molecule has 1 amide bonds. The van der Waals surface area contributed by atoms with Crippen molar-refractivity contribution >= 4 is 6.09 Å². The number of ether oxygens (including phenoxy) is 1. The SMILES string of the molecule is CC(C)(C)OC(=O)N1C[C@H](O)C(C)(C)C1. The lowest BCUT2D eigenvalue weighted by molar-refractivity contribution is 0.0269. The fraction of sp³-hybridized carbons (Fsp3) is 0.909. The Morgan fingerprint density at radius 3 is 2.33 bits per heavy atom. The van der Waals surface area contributed by atoms with Gasteiger partial charge in [0.2, 0.25) is 0 Å². The Morgan fingerprint density at radius 1 is 1.47 bits per heavy atom. The van der Waals surface area contributed by atoms with Crippen LogP contribution in [0.5, 0.6) is 0 Å². The van der Waals surface area contributed by atoms with Crippen molar-refractivity contribution in [1.82, 2.24) is 4.90 Å². The molecule has 1 aliphatic rings. The van der Waals surface area contributed by atoms with Gasteiger partial charge in [-0.2, -0.15) is 0 Å². The Hall–Kier alpha value is -0.770. The fourth-order valence-corrected chi connectivity index (χ4v) is 1.58. The fourth-order valence-electron chi connectivity index (χ4n) is 1.58. The summed E-state index contributed by atoms with van der Waals surface area (Å²) in [5, 5.41) is 9.73. The average Bonchev–Trinajstić information content (AvgIpc) is 2.23. The first-order valence-corrected chi connectivity index (χ1v) is 5.28. The molecular weight excluding hydrogens is 194 g/mol. The quantitative estimate of drug-likeness (QED) is 0.668. The lowest BCUT2D eigenvalue weighted by Gasteiger charge is -2.25. The van der Waals surface area contributed by atoms with Crippen molar-refractivity contribution < 1.29 is 14.6 Å². The number of amides is 1. The van der Waals surface area contributed by atoms with Crippen LogP contribution in [0.2, 0.25) is 0 Å². The van der Waals surface area contributed by atoms with Crippen LogP contribution in [0.25, 0.3) is 0 Å².